The van der Waals surface area contributed by atoms with Gasteiger partial charge in [0.25, 0.3) is 0 Å². The topological polar surface area (TPSA) is 20.3 Å². The summed E-state index contributed by atoms with van der Waals surface area (Å²) in [6.07, 6.45) is 0.00833. The molecule has 2 rings (SSSR count). The van der Waals surface area contributed by atoms with Crippen LogP contribution in [0.2, 0.25) is 5.02 Å². The van der Waals surface area contributed by atoms with Crippen LogP contribution >= 0.6 is 11.6 Å². The molecule has 0 aliphatic rings. The van der Waals surface area contributed by atoms with E-state index in [4.69, 9.17) is 11.6 Å². The van der Waals surface area contributed by atoms with E-state index in [-0.39, 0.29) is 12.3 Å². The average Bonchev–Trinajstić information content (AvgIpc) is 2.42. The van der Waals surface area contributed by atoms with Gasteiger partial charge >= 0.3 is 0 Å². The van der Waals surface area contributed by atoms with Gasteiger partial charge in [0.15, 0.2) is 0 Å². The molecule has 98 valence electrons. The molecule has 0 N–H and O–H groups in total. The maximum absolute atomic E-state index is 13.6. The van der Waals surface area contributed by atoms with Crippen LogP contribution in [-0.2, 0) is 11.2 Å². The second-order valence-electron chi connectivity index (χ2n) is 4.20. The molecule has 0 atom stereocenters. The number of carbonyl (C=O) groups is 1. The molecule has 19 heavy (non-hydrogen) atoms. The summed E-state index contributed by atoms with van der Waals surface area (Å²) in [5.41, 5.74) is 1.12. The monoisotopic (exact) mass is 277 g/mol. The Kier molecular flexibility index (Phi) is 4.17. The zero-order valence-corrected chi connectivity index (χ0v) is 11.2. The highest BCUT2D eigenvalue weighted by Crippen LogP contribution is 2.17. The highest BCUT2D eigenvalue weighted by Gasteiger charge is 2.14. The van der Waals surface area contributed by atoms with Crippen LogP contribution < -0.4 is 4.90 Å². The maximum Gasteiger partial charge on any atom is 0.231 e. The van der Waals surface area contributed by atoms with Gasteiger partial charge < -0.3 is 4.90 Å². The van der Waals surface area contributed by atoms with Crippen LogP contribution in [0, 0.1) is 5.82 Å². The molecule has 2 aromatic rings. The Morgan fingerprint density at radius 2 is 1.89 bits per heavy atom. The summed E-state index contributed by atoms with van der Waals surface area (Å²) in [6, 6.07) is 13.6. The number of nitrogens with zero attached hydrogens (tertiary/aromatic N) is 1. The van der Waals surface area contributed by atoms with Crippen LogP contribution in [0.15, 0.2) is 48.5 Å². The minimum atomic E-state index is -0.456. The SMILES string of the molecule is CN(C(=O)Cc1ccc(Cl)cc1F)c1ccccc1. The van der Waals surface area contributed by atoms with Gasteiger partial charge in [-0.15, -0.1) is 0 Å². The number of halogens is 2. The molecule has 0 bridgehead atoms. The molecule has 4 heteroatoms. The molecule has 0 radical (unpaired) electrons. The number of anilines is 1. The highest BCUT2D eigenvalue weighted by molar-refractivity contribution is 6.30. The maximum atomic E-state index is 13.6. The van der Waals surface area contributed by atoms with Crippen LogP contribution in [0.5, 0.6) is 0 Å². The van der Waals surface area contributed by atoms with Crippen LogP contribution in [0.4, 0.5) is 10.1 Å². The van der Waals surface area contributed by atoms with Crippen molar-refractivity contribution in [3.63, 3.8) is 0 Å². The lowest BCUT2D eigenvalue weighted by Gasteiger charge is -2.17. The van der Waals surface area contributed by atoms with E-state index in [1.807, 2.05) is 30.3 Å². The lowest BCUT2D eigenvalue weighted by molar-refractivity contribution is -0.117. The van der Waals surface area contributed by atoms with Gasteiger partial charge in [0.05, 0.1) is 6.42 Å². The van der Waals surface area contributed by atoms with Crippen molar-refractivity contribution in [2.24, 2.45) is 0 Å². The fourth-order valence-corrected chi connectivity index (χ4v) is 1.90. The normalized spacial score (nSPS) is 10.3. The molecule has 2 nitrogen and oxygen atoms in total. The molecule has 0 aliphatic heterocycles. The Balaban J connectivity index is 2.13. The highest BCUT2D eigenvalue weighted by atomic mass is 35.5. The molecule has 0 aliphatic carbocycles. The van der Waals surface area contributed by atoms with Gasteiger partial charge in [-0.05, 0) is 29.8 Å². The average molecular weight is 278 g/mol. The van der Waals surface area contributed by atoms with Crippen molar-refractivity contribution in [2.75, 3.05) is 11.9 Å². The van der Waals surface area contributed by atoms with E-state index in [0.717, 1.165) is 5.69 Å². The third kappa shape index (κ3) is 3.32. The zero-order chi connectivity index (χ0) is 13.8. The van der Waals surface area contributed by atoms with E-state index in [0.29, 0.717) is 10.6 Å². The number of likely N-dealkylation sites (N-methyl/N-ethyl adjacent to an activating group) is 1. The van der Waals surface area contributed by atoms with Crippen LogP contribution in [0.25, 0.3) is 0 Å². The summed E-state index contributed by atoms with van der Waals surface area (Å²) in [6.45, 7) is 0. The fraction of sp³-hybridized carbons (Fsp3) is 0.133. The first kappa shape index (κ1) is 13.6. The number of hydrogen-bond acceptors (Lipinski definition) is 1. The summed E-state index contributed by atoms with van der Waals surface area (Å²) in [5.74, 6) is -0.630. The van der Waals surface area contributed by atoms with Crippen molar-refractivity contribution in [3.8, 4) is 0 Å². The Labute approximate surface area is 116 Å². The van der Waals surface area contributed by atoms with Crippen molar-refractivity contribution in [3.05, 3.63) is 64.9 Å². The number of carbonyl (C=O) groups excluding carboxylic acids is 1. The van der Waals surface area contributed by atoms with Crippen molar-refractivity contribution < 1.29 is 9.18 Å². The molecular formula is C15H13ClFNO. The third-order valence-electron chi connectivity index (χ3n) is 2.87. The third-order valence-corrected chi connectivity index (χ3v) is 3.11. The summed E-state index contributed by atoms with van der Waals surface area (Å²) in [5, 5.41) is 0.324. The number of amides is 1. The van der Waals surface area contributed by atoms with Gasteiger partial charge in [-0.25, -0.2) is 4.39 Å². The van der Waals surface area contributed by atoms with Crippen molar-refractivity contribution >= 4 is 23.2 Å². The van der Waals surface area contributed by atoms with E-state index >= 15 is 0 Å². The van der Waals surface area contributed by atoms with Crippen LogP contribution in [-0.4, -0.2) is 13.0 Å². The van der Waals surface area contributed by atoms with E-state index < -0.39 is 5.82 Å². The molecule has 0 fully saturated rings. The molecule has 0 saturated heterocycles. The first-order chi connectivity index (χ1) is 9.08. The Bertz CT molecular complexity index is 586. The van der Waals surface area contributed by atoms with Crippen molar-refractivity contribution in [1.29, 1.82) is 0 Å². The quantitative estimate of drug-likeness (QED) is 0.838. The first-order valence-corrected chi connectivity index (χ1v) is 6.21. The van der Waals surface area contributed by atoms with Gasteiger partial charge in [0.1, 0.15) is 5.82 Å². The number of rotatable bonds is 3. The predicted molar refractivity (Wildman–Crippen MR) is 75.0 cm³/mol. The molecule has 0 heterocycles. The van der Waals surface area contributed by atoms with Gasteiger partial charge in [-0.3, -0.25) is 4.79 Å². The molecule has 1 amide bonds. The summed E-state index contributed by atoms with van der Waals surface area (Å²) in [4.78, 5) is 13.6. The summed E-state index contributed by atoms with van der Waals surface area (Å²) >= 11 is 5.68. The predicted octanol–water partition coefficient (Wildman–Crippen LogP) is 3.68. The van der Waals surface area contributed by atoms with E-state index in [2.05, 4.69) is 0 Å². The molecule has 0 aromatic heterocycles. The van der Waals surface area contributed by atoms with E-state index in [1.165, 1.54) is 17.0 Å². The van der Waals surface area contributed by atoms with Crippen LogP contribution in [0.1, 0.15) is 5.56 Å². The minimum Gasteiger partial charge on any atom is -0.315 e. The largest absolute Gasteiger partial charge is 0.315 e. The van der Waals surface area contributed by atoms with Crippen molar-refractivity contribution in [1.82, 2.24) is 0 Å². The lowest BCUT2D eigenvalue weighted by Crippen LogP contribution is -2.28. The molecule has 2 aromatic carbocycles. The Morgan fingerprint density at radius 1 is 1.21 bits per heavy atom. The molecule has 0 spiro atoms. The van der Waals surface area contributed by atoms with Gasteiger partial charge in [0.2, 0.25) is 5.91 Å². The van der Waals surface area contributed by atoms with Crippen molar-refractivity contribution in [2.45, 2.75) is 6.42 Å². The van der Waals surface area contributed by atoms with Crippen LogP contribution in [0.3, 0.4) is 0 Å². The zero-order valence-electron chi connectivity index (χ0n) is 10.4. The summed E-state index contributed by atoms with van der Waals surface area (Å²) in [7, 11) is 1.67. The minimum absolute atomic E-state index is 0.00833. The number of hydrogen-bond donors (Lipinski definition) is 0. The lowest BCUT2D eigenvalue weighted by atomic mass is 10.1. The Morgan fingerprint density at radius 3 is 2.53 bits per heavy atom. The molecule has 0 saturated carbocycles. The smallest absolute Gasteiger partial charge is 0.231 e. The van der Waals surface area contributed by atoms with E-state index in [9.17, 15) is 9.18 Å². The second kappa shape index (κ2) is 5.85. The number of benzene rings is 2. The number of para-hydroxylation sites is 1. The van der Waals surface area contributed by atoms with Gasteiger partial charge in [-0.1, -0.05) is 35.9 Å². The fourth-order valence-electron chi connectivity index (χ4n) is 1.74. The van der Waals surface area contributed by atoms with Gasteiger partial charge in [0, 0.05) is 17.8 Å². The van der Waals surface area contributed by atoms with E-state index in [1.54, 1.807) is 13.1 Å². The molecular weight excluding hydrogens is 265 g/mol. The second-order valence-corrected chi connectivity index (χ2v) is 4.64. The standard InChI is InChI=1S/C15H13ClFNO/c1-18(13-5-3-2-4-6-13)15(19)9-11-7-8-12(16)10-14(11)17/h2-8,10H,9H2,1H3. The first-order valence-electron chi connectivity index (χ1n) is 5.83. The summed E-state index contributed by atoms with van der Waals surface area (Å²) < 4.78 is 13.6. The molecule has 0 unspecified atom stereocenters. The Hall–Kier alpha value is -1.87. The van der Waals surface area contributed by atoms with Gasteiger partial charge in [-0.2, -0.15) is 0 Å².